The highest BCUT2D eigenvalue weighted by Gasteiger charge is 2.19. The van der Waals surface area contributed by atoms with E-state index in [0.717, 1.165) is 5.69 Å². The van der Waals surface area contributed by atoms with Crippen LogP contribution in [0.25, 0.3) is 16.1 Å². The van der Waals surface area contributed by atoms with Gasteiger partial charge in [0.2, 0.25) is 4.96 Å². The maximum absolute atomic E-state index is 12.4. The van der Waals surface area contributed by atoms with Crippen molar-refractivity contribution in [3.63, 3.8) is 0 Å². The van der Waals surface area contributed by atoms with Gasteiger partial charge in [0.1, 0.15) is 0 Å². The summed E-state index contributed by atoms with van der Waals surface area (Å²) in [6, 6.07) is 4.08. The van der Waals surface area contributed by atoms with Gasteiger partial charge in [-0.2, -0.15) is 4.98 Å². The van der Waals surface area contributed by atoms with Gasteiger partial charge in [-0.15, -0.1) is 16.4 Å². The van der Waals surface area contributed by atoms with Crippen molar-refractivity contribution >= 4 is 43.4 Å². The zero-order valence-electron chi connectivity index (χ0n) is 11.6. The second-order valence-corrected chi connectivity index (χ2v) is 7.30. The van der Waals surface area contributed by atoms with Gasteiger partial charge in [0, 0.05) is 11.4 Å². The van der Waals surface area contributed by atoms with E-state index in [1.807, 2.05) is 12.3 Å². The maximum atomic E-state index is 12.4. The number of aromatic nitrogens is 4. The number of H-pyrrole nitrogens is 1. The normalized spacial score (nSPS) is 12.2. The molecule has 0 radical (unpaired) electrons. The van der Waals surface area contributed by atoms with Crippen LogP contribution in [0.5, 0.6) is 0 Å². The van der Waals surface area contributed by atoms with Crippen molar-refractivity contribution < 1.29 is 12.8 Å². The minimum Gasteiger partial charge on any atom is -0.408 e. The third kappa shape index (κ3) is 2.29. The summed E-state index contributed by atoms with van der Waals surface area (Å²) >= 11 is 1.36. The van der Waals surface area contributed by atoms with Crippen molar-refractivity contribution in [1.29, 1.82) is 0 Å². The molecule has 0 aliphatic carbocycles. The van der Waals surface area contributed by atoms with E-state index < -0.39 is 15.8 Å². The van der Waals surface area contributed by atoms with Gasteiger partial charge in [-0.3, -0.25) is 4.98 Å². The van der Waals surface area contributed by atoms with Gasteiger partial charge >= 0.3 is 5.76 Å². The number of aromatic amines is 1. The Bertz CT molecular complexity index is 1200. The van der Waals surface area contributed by atoms with E-state index in [4.69, 9.17) is 4.42 Å². The lowest BCUT2D eigenvalue weighted by atomic mass is 10.3. The lowest BCUT2D eigenvalue weighted by Gasteiger charge is -2.03. The fraction of sp³-hybridized carbons (Fsp3) is 0.0833. The monoisotopic (exact) mass is 351 g/mol. The first-order valence-corrected chi connectivity index (χ1v) is 8.75. The number of sulfonamides is 1. The highest BCUT2D eigenvalue weighted by molar-refractivity contribution is 7.92. The molecule has 118 valence electrons. The Hall–Kier alpha value is -2.66. The summed E-state index contributed by atoms with van der Waals surface area (Å²) < 4.78 is 33.6. The number of hydrogen-bond acceptors (Lipinski definition) is 7. The van der Waals surface area contributed by atoms with E-state index in [-0.39, 0.29) is 16.4 Å². The number of nitrogens with zero attached hydrogens (tertiary/aromatic N) is 3. The minimum atomic E-state index is -3.89. The SMILES string of the molecule is Cc1csc2nc(NS(=O)(=O)c3ccc4[nH]c(=O)oc4c3)nn12. The number of rotatable bonds is 3. The minimum absolute atomic E-state index is 0.0180. The Kier molecular flexibility index (Phi) is 2.83. The average Bonchev–Trinajstić information content (AvgIpc) is 3.13. The van der Waals surface area contributed by atoms with Gasteiger partial charge in [0.15, 0.2) is 5.58 Å². The van der Waals surface area contributed by atoms with Crippen LogP contribution in [0.4, 0.5) is 5.95 Å². The first-order valence-electron chi connectivity index (χ1n) is 6.39. The molecular weight excluding hydrogens is 342 g/mol. The number of fused-ring (bicyclic) bond motifs is 2. The number of hydrogen-bond donors (Lipinski definition) is 2. The van der Waals surface area contributed by atoms with Gasteiger partial charge in [-0.25, -0.2) is 22.4 Å². The molecule has 0 spiro atoms. The predicted molar refractivity (Wildman–Crippen MR) is 83.2 cm³/mol. The molecule has 4 rings (SSSR count). The molecule has 11 heteroatoms. The van der Waals surface area contributed by atoms with Gasteiger partial charge < -0.3 is 4.42 Å². The van der Waals surface area contributed by atoms with E-state index in [2.05, 4.69) is 19.8 Å². The smallest absolute Gasteiger partial charge is 0.408 e. The van der Waals surface area contributed by atoms with E-state index in [9.17, 15) is 13.2 Å². The number of aryl methyl sites for hydroxylation is 1. The summed E-state index contributed by atoms with van der Waals surface area (Å²) in [4.78, 5) is 18.2. The highest BCUT2D eigenvalue weighted by atomic mass is 32.2. The fourth-order valence-corrected chi connectivity index (χ4v) is 3.86. The van der Waals surface area contributed by atoms with Crippen LogP contribution < -0.4 is 10.5 Å². The molecule has 4 aromatic rings. The van der Waals surface area contributed by atoms with Gasteiger partial charge in [-0.1, -0.05) is 0 Å². The first kappa shape index (κ1) is 14.0. The number of oxazole rings is 1. The summed E-state index contributed by atoms with van der Waals surface area (Å²) in [7, 11) is -3.89. The van der Waals surface area contributed by atoms with Gasteiger partial charge in [0.05, 0.1) is 16.1 Å². The highest BCUT2D eigenvalue weighted by Crippen LogP contribution is 2.20. The molecule has 2 N–H and O–H groups in total. The summed E-state index contributed by atoms with van der Waals surface area (Å²) in [5, 5.41) is 5.97. The van der Waals surface area contributed by atoms with E-state index >= 15 is 0 Å². The van der Waals surface area contributed by atoms with Crippen molar-refractivity contribution in [1.82, 2.24) is 19.6 Å². The Morgan fingerprint density at radius 1 is 1.39 bits per heavy atom. The van der Waals surface area contributed by atoms with Crippen LogP contribution >= 0.6 is 11.3 Å². The molecule has 0 atom stereocenters. The van der Waals surface area contributed by atoms with Crippen molar-refractivity contribution in [3.8, 4) is 0 Å². The molecule has 0 unspecified atom stereocenters. The third-order valence-electron chi connectivity index (χ3n) is 3.17. The third-order valence-corrected chi connectivity index (χ3v) is 5.43. The molecule has 9 nitrogen and oxygen atoms in total. The topological polar surface area (TPSA) is 122 Å². The quantitative estimate of drug-likeness (QED) is 0.574. The molecule has 0 saturated heterocycles. The van der Waals surface area contributed by atoms with Crippen LogP contribution in [0.1, 0.15) is 5.69 Å². The second kappa shape index (κ2) is 4.67. The number of benzene rings is 1. The molecule has 0 aliphatic heterocycles. The Morgan fingerprint density at radius 3 is 3.00 bits per heavy atom. The molecule has 0 fully saturated rings. The number of thiazole rings is 1. The van der Waals surface area contributed by atoms with Crippen LogP contribution in [0.2, 0.25) is 0 Å². The van der Waals surface area contributed by atoms with Crippen molar-refractivity contribution in [2.75, 3.05) is 4.72 Å². The summed E-state index contributed by atoms with van der Waals surface area (Å²) in [5.41, 5.74) is 1.44. The van der Waals surface area contributed by atoms with E-state index in [1.54, 1.807) is 4.52 Å². The standard InChI is InChI=1S/C12H9N5O4S2/c1-6-5-22-11-14-10(15-17(6)11)16-23(19,20)7-2-3-8-9(4-7)21-12(18)13-8/h2-5H,1H3,(H,13,18)(H,15,16). The lowest BCUT2D eigenvalue weighted by Crippen LogP contribution is -2.14. The lowest BCUT2D eigenvalue weighted by molar-refractivity contribution is 0.554. The van der Waals surface area contributed by atoms with Crippen molar-refractivity contribution in [2.24, 2.45) is 0 Å². The maximum Gasteiger partial charge on any atom is 0.417 e. The molecule has 0 bridgehead atoms. The van der Waals surface area contributed by atoms with Gasteiger partial charge in [0.25, 0.3) is 16.0 Å². The molecule has 3 heterocycles. The number of nitrogens with one attached hydrogen (secondary N) is 2. The zero-order chi connectivity index (χ0) is 16.2. The summed E-state index contributed by atoms with van der Waals surface area (Å²) in [6.45, 7) is 1.85. The Morgan fingerprint density at radius 2 is 2.22 bits per heavy atom. The van der Waals surface area contributed by atoms with E-state index in [1.165, 1.54) is 29.5 Å². The van der Waals surface area contributed by atoms with Crippen molar-refractivity contribution in [3.05, 3.63) is 39.8 Å². The van der Waals surface area contributed by atoms with Crippen LogP contribution in [0.3, 0.4) is 0 Å². The largest absolute Gasteiger partial charge is 0.417 e. The average molecular weight is 351 g/mol. The molecular formula is C12H9N5O4S2. The zero-order valence-corrected chi connectivity index (χ0v) is 13.2. The first-order chi connectivity index (χ1) is 10.9. The van der Waals surface area contributed by atoms with Crippen LogP contribution in [0.15, 0.2) is 37.7 Å². The Labute approximate surface area is 132 Å². The molecule has 0 aliphatic rings. The van der Waals surface area contributed by atoms with Crippen molar-refractivity contribution in [2.45, 2.75) is 11.8 Å². The van der Waals surface area contributed by atoms with Crippen LogP contribution in [0, 0.1) is 6.92 Å². The molecule has 1 aromatic carbocycles. The fourth-order valence-electron chi connectivity index (χ4n) is 2.11. The summed E-state index contributed by atoms with van der Waals surface area (Å²) in [6.07, 6.45) is 0. The second-order valence-electron chi connectivity index (χ2n) is 4.78. The van der Waals surface area contributed by atoms with Crippen LogP contribution in [-0.4, -0.2) is 28.0 Å². The predicted octanol–water partition coefficient (Wildman–Crippen LogP) is 1.33. The molecule has 23 heavy (non-hydrogen) atoms. The van der Waals surface area contributed by atoms with E-state index in [0.29, 0.717) is 10.5 Å². The molecule has 0 amide bonds. The van der Waals surface area contributed by atoms with Gasteiger partial charge in [-0.05, 0) is 19.1 Å². The molecule has 0 saturated carbocycles. The summed E-state index contributed by atoms with van der Waals surface area (Å²) in [5.74, 6) is -0.662. The molecule has 3 aromatic heterocycles. The van der Waals surface area contributed by atoms with Crippen LogP contribution in [-0.2, 0) is 10.0 Å². The number of anilines is 1. The Balaban J connectivity index is 1.74.